The minimum Gasteiger partial charge on any atom is -0.324 e. The minimum absolute atomic E-state index is 0.184. The highest BCUT2D eigenvalue weighted by Gasteiger charge is 2.55. The maximum absolute atomic E-state index is 13.7. The summed E-state index contributed by atoms with van der Waals surface area (Å²) in [6, 6.07) is 18.6. The number of fused-ring (bicyclic) bond motifs is 3. The third-order valence-electron chi connectivity index (χ3n) is 7.08. The highest BCUT2D eigenvalue weighted by molar-refractivity contribution is 5.99. The molecule has 3 nitrogen and oxygen atoms in total. The molecule has 3 heteroatoms. The standard InChI is InChI=1S/C25H26N2O/c1-17-21-9-5-6-10-22(21)26-16-23(17)27-24(28)25(14-18-7-3-2-4-8-18)15-19-11-12-20(25)13-19/h2-10,16,19-20H,11-15H2,1H3,(H,27,28). The first-order valence-corrected chi connectivity index (χ1v) is 10.4. The molecule has 3 atom stereocenters. The van der Waals surface area contributed by atoms with Crippen molar-refractivity contribution in [3.8, 4) is 0 Å². The van der Waals surface area contributed by atoms with Crippen molar-refractivity contribution in [2.24, 2.45) is 17.3 Å². The number of carbonyl (C=O) groups is 1. The average Bonchev–Trinajstić information content (AvgIpc) is 3.33. The van der Waals surface area contributed by atoms with Gasteiger partial charge < -0.3 is 5.32 Å². The van der Waals surface area contributed by atoms with Crippen LogP contribution in [0.25, 0.3) is 10.9 Å². The van der Waals surface area contributed by atoms with Crippen molar-refractivity contribution in [1.82, 2.24) is 4.98 Å². The molecule has 5 rings (SSSR count). The molecule has 0 spiro atoms. The lowest BCUT2D eigenvalue weighted by Gasteiger charge is -2.36. The van der Waals surface area contributed by atoms with E-state index in [2.05, 4.69) is 47.6 Å². The van der Waals surface area contributed by atoms with E-state index in [1.165, 1.54) is 24.8 Å². The van der Waals surface area contributed by atoms with Crippen LogP contribution < -0.4 is 5.32 Å². The SMILES string of the molecule is Cc1c(NC(=O)C2(Cc3ccccc3)CC3CCC2C3)cnc2ccccc12. The van der Waals surface area contributed by atoms with Gasteiger partial charge in [-0.05, 0) is 61.6 Å². The molecule has 2 bridgehead atoms. The second-order valence-corrected chi connectivity index (χ2v) is 8.67. The van der Waals surface area contributed by atoms with E-state index in [9.17, 15) is 4.79 Å². The van der Waals surface area contributed by atoms with Gasteiger partial charge in [-0.25, -0.2) is 0 Å². The zero-order chi connectivity index (χ0) is 19.1. The highest BCUT2D eigenvalue weighted by Crippen LogP contribution is 2.57. The molecule has 1 heterocycles. The number of pyridine rings is 1. The van der Waals surface area contributed by atoms with Crippen molar-refractivity contribution >= 4 is 22.5 Å². The van der Waals surface area contributed by atoms with Crippen LogP contribution in [0.1, 0.15) is 36.8 Å². The molecule has 2 aliphatic rings. The van der Waals surface area contributed by atoms with Crippen LogP contribution in [0.4, 0.5) is 5.69 Å². The molecule has 1 amide bonds. The van der Waals surface area contributed by atoms with Crippen LogP contribution in [0.15, 0.2) is 60.8 Å². The summed E-state index contributed by atoms with van der Waals surface area (Å²) < 4.78 is 0. The summed E-state index contributed by atoms with van der Waals surface area (Å²) in [5.74, 6) is 1.38. The van der Waals surface area contributed by atoms with Crippen LogP contribution in [-0.2, 0) is 11.2 Å². The second kappa shape index (κ2) is 6.73. The molecule has 3 aromatic rings. The Hall–Kier alpha value is -2.68. The van der Waals surface area contributed by atoms with Crippen molar-refractivity contribution < 1.29 is 4.79 Å². The normalized spacial score (nSPS) is 25.9. The van der Waals surface area contributed by atoms with Gasteiger partial charge in [0.2, 0.25) is 5.91 Å². The first kappa shape index (κ1) is 17.4. The molecule has 0 saturated heterocycles. The average molecular weight is 370 g/mol. The van der Waals surface area contributed by atoms with Crippen molar-refractivity contribution in [3.05, 3.63) is 71.9 Å². The summed E-state index contributed by atoms with van der Waals surface area (Å²) in [6.45, 7) is 2.07. The van der Waals surface area contributed by atoms with E-state index in [0.717, 1.165) is 35.0 Å². The third-order valence-corrected chi connectivity index (χ3v) is 7.08. The molecule has 2 aromatic carbocycles. The Morgan fingerprint density at radius 1 is 1.11 bits per heavy atom. The third kappa shape index (κ3) is 2.81. The van der Waals surface area contributed by atoms with Gasteiger partial charge in [-0.3, -0.25) is 9.78 Å². The van der Waals surface area contributed by atoms with Crippen LogP contribution in [0.3, 0.4) is 0 Å². The van der Waals surface area contributed by atoms with Gasteiger partial charge in [0, 0.05) is 5.39 Å². The van der Waals surface area contributed by atoms with Gasteiger partial charge in [0.25, 0.3) is 0 Å². The van der Waals surface area contributed by atoms with Crippen LogP contribution in [0.5, 0.6) is 0 Å². The Kier molecular flexibility index (Phi) is 4.19. The lowest BCUT2D eigenvalue weighted by molar-refractivity contribution is -0.128. The molecule has 1 aromatic heterocycles. The number of hydrogen-bond acceptors (Lipinski definition) is 2. The fraction of sp³-hybridized carbons (Fsp3) is 0.360. The Morgan fingerprint density at radius 2 is 1.89 bits per heavy atom. The smallest absolute Gasteiger partial charge is 0.231 e. The molecule has 1 N–H and O–H groups in total. The van der Waals surface area contributed by atoms with Crippen molar-refractivity contribution in [1.29, 1.82) is 0 Å². The van der Waals surface area contributed by atoms with E-state index in [1.54, 1.807) is 0 Å². The molecule has 142 valence electrons. The number of nitrogens with one attached hydrogen (secondary N) is 1. The predicted molar refractivity (Wildman–Crippen MR) is 113 cm³/mol. The van der Waals surface area contributed by atoms with Crippen molar-refractivity contribution in [2.75, 3.05) is 5.32 Å². The van der Waals surface area contributed by atoms with E-state index in [1.807, 2.05) is 30.5 Å². The Morgan fingerprint density at radius 3 is 2.64 bits per heavy atom. The van der Waals surface area contributed by atoms with E-state index in [0.29, 0.717) is 11.8 Å². The van der Waals surface area contributed by atoms with Gasteiger partial charge in [-0.1, -0.05) is 55.0 Å². The van der Waals surface area contributed by atoms with Crippen molar-refractivity contribution in [3.63, 3.8) is 0 Å². The molecule has 0 radical (unpaired) electrons. The summed E-state index contributed by atoms with van der Waals surface area (Å²) >= 11 is 0. The van der Waals surface area contributed by atoms with E-state index >= 15 is 0 Å². The molecule has 2 saturated carbocycles. The number of hydrogen-bond donors (Lipinski definition) is 1. The fourth-order valence-corrected chi connectivity index (χ4v) is 5.63. The second-order valence-electron chi connectivity index (χ2n) is 8.67. The molecule has 2 aliphatic carbocycles. The Labute approximate surface area is 166 Å². The minimum atomic E-state index is -0.289. The van der Waals surface area contributed by atoms with Gasteiger partial charge in [-0.2, -0.15) is 0 Å². The molecule has 3 unspecified atom stereocenters. The number of benzene rings is 2. The van der Waals surface area contributed by atoms with Gasteiger partial charge in [0.15, 0.2) is 0 Å². The van der Waals surface area contributed by atoms with Gasteiger partial charge in [-0.15, -0.1) is 0 Å². The number of rotatable bonds is 4. The lowest BCUT2D eigenvalue weighted by atomic mass is 9.68. The van der Waals surface area contributed by atoms with E-state index in [4.69, 9.17) is 0 Å². The lowest BCUT2D eigenvalue weighted by Crippen LogP contribution is -2.42. The summed E-state index contributed by atoms with van der Waals surface area (Å²) in [6.07, 6.45) is 7.33. The predicted octanol–water partition coefficient (Wildman–Crippen LogP) is 5.53. The zero-order valence-corrected chi connectivity index (χ0v) is 16.3. The van der Waals surface area contributed by atoms with E-state index < -0.39 is 0 Å². The fourth-order valence-electron chi connectivity index (χ4n) is 5.63. The maximum Gasteiger partial charge on any atom is 0.231 e. The first-order chi connectivity index (χ1) is 13.7. The number of amides is 1. The molecular formula is C25H26N2O. The van der Waals surface area contributed by atoms with Crippen LogP contribution in [0, 0.1) is 24.2 Å². The maximum atomic E-state index is 13.7. The zero-order valence-electron chi connectivity index (χ0n) is 16.3. The van der Waals surface area contributed by atoms with Gasteiger partial charge in [0.05, 0.1) is 22.8 Å². The first-order valence-electron chi connectivity index (χ1n) is 10.4. The molecule has 2 fully saturated rings. The van der Waals surface area contributed by atoms with Crippen molar-refractivity contribution in [2.45, 2.75) is 39.0 Å². The summed E-state index contributed by atoms with van der Waals surface area (Å²) in [5.41, 5.74) is 3.88. The van der Waals surface area contributed by atoms with Gasteiger partial charge in [0.1, 0.15) is 0 Å². The Balaban J connectivity index is 1.48. The topological polar surface area (TPSA) is 42.0 Å². The Bertz CT molecular complexity index is 1030. The summed E-state index contributed by atoms with van der Waals surface area (Å²) in [4.78, 5) is 18.2. The summed E-state index contributed by atoms with van der Waals surface area (Å²) in [7, 11) is 0. The largest absolute Gasteiger partial charge is 0.324 e. The van der Waals surface area contributed by atoms with E-state index in [-0.39, 0.29) is 11.3 Å². The van der Waals surface area contributed by atoms with Crippen LogP contribution in [0.2, 0.25) is 0 Å². The number of nitrogens with zero attached hydrogens (tertiary/aromatic N) is 1. The number of aromatic nitrogens is 1. The van der Waals surface area contributed by atoms with Gasteiger partial charge >= 0.3 is 0 Å². The molecular weight excluding hydrogens is 344 g/mol. The molecule has 28 heavy (non-hydrogen) atoms. The van der Waals surface area contributed by atoms with Crippen LogP contribution in [-0.4, -0.2) is 10.9 Å². The monoisotopic (exact) mass is 370 g/mol. The number of carbonyl (C=O) groups excluding carboxylic acids is 1. The highest BCUT2D eigenvalue weighted by atomic mass is 16.2. The number of anilines is 1. The van der Waals surface area contributed by atoms with Crippen LogP contribution >= 0.6 is 0 Å². The quantitative estimate of drug-likeness (QED) is 0.656. The number of aryl methyl sites for hydroxylation is 1. The summed E-state index contributed by atoms with van der Waals surface area (Å²) in [5, 5.41) is 4.39. The number of para-hydroxylation sites is 1. The molecule has 0 aliphatic heterocycles.